The molecule has 6 nitrogen and oxygen atoms in total. The van der Waals surface area contributed by atoms with Gasteiger partial charge in [0.15, 0.2) is 5.76 Å². The average molecular weight is 330 g/mol. The third-order valence-electron chi connectivity index (χ3n) is 3.74. The molecule has 1 amide bonds. The van der Waals surface area contributed by atoms with Crippen LogP contribution >= 0.6 is 0 Å². The summed E-state index contributed by atoms with van der Waals surface area (Å²) in [6, 6.07) is 14.6. The minimum absolute atomic E-state index is 0.254. The SMILES string of the molecule is Cc1ccc(-c2cc(C(=O)Nc3ncccn3)c3ccccc3n2)o1. The molecule has 1 aromatic carbocycles. The third-order valence-corrected chi connectivity index (χ3v) is 3.74. The molecule has 6 heteroatoms. The quantitative estimate of drug-likeness (QED) is 0.617. The zero-order valence-corrected chi connectivity index (χ0v) is 13.4. The van der Waals surface area contributed by atoms with Crippen molar-refractivity contribution in [3.8, 4) is 11.5 Å². The Balaban J connectivity index is 1.82. The van der Waals surface area contributed by atoms with Crippen LogP contribution in [-0.2, 0) is 0 Å². The molecular weight excluding hydrogens is 316 g/mol. The summed E-state index contributed by atoms with van der Waals surface area (Å²) >= 11 is 0. The highest BCUT2D eigenvalue weighted by Gasteiger charge is 2.16. The molecule has 0 atom stereocenters. The van der Waals surface area contributed by atoms with Crippen molar-refractivity contribution < 1.29 is 9.21 Å². The molecule has 0 spiro atoms. The normalized spacial score (nSPS) is 10.8. The average Bonchev–Trinajstić information content (AvgIpc) is 3.08. The first-order chi connectivity index (χ1) is 12.2. The number of carbonyl (C=O) groups excluding carboxylic acids is 1. The topological polar surface area (TPSA) is 80.9 Å². The lowest BCUT2D eigenvalue weighted by Gasteiger charge is -2.08. The smallest absolute Gasteiger partial charge is 0.258 e. The Morgan fingerprint density at radius 3 is 2.60 bits per heavy atom. The van der Waals surface area contributed by atoms with Gasteiger partial charge in [0.25, 0.3) is 5.91 Å². The van der Waals surface area contributed by atoms with Crippen LogP contribution in [0.5, 0.6) is 0 Å². The maximum Gasteiger partial charge on any atom is 0.258 e. The second kappa shape index (κ2) is 6.16. The van der Waals surface area contributed by atoms with E-state index >= 15 is 0 Å². The number of aryl methyl sites for hydroxylation is 1. The van der Waals surface area contributed by atoms with E-state index in [0.29, 0.717) is 22.5 Å². The van der Waals surface area contributed by atoms with Crippen molar-refractivity contribution in [2.24, 2.45) is 0 Å². The van der Waals surface area contributed by atoms with Gasteiger partial charge in [0.05, 0.1) is 11.1 Å². The van der Waals surface area contributed by atoms with Crippen LogP contribution in [0, 0.1) is 6.92 Å². The Bertz CT molecular complexity index is 1060. The summed E-state index contributed by atoms with van der Waals surface area (Å²) in [4.78, 5) is 25.4. The number of pyridine rings is 1. The zero-order chi connectivity index (χ0) is 17.2. The summed E-state index contributed by atoms with van der Waals surface area (Å²) in [7, 11) is 0. The number of para-hydroxylation sites is 1. The van der Waals surface area contributed by atoms with Gasteiger partial charge in [-0.3, -0.25) is 10.1 Å². The van der Waals surface area contributed by atoms with E-state index in [4.69, 9.17) is 4.42 Å². The van der Waals surface area contributed by atoms with Crippen molar-refractivity contribution in [3.05, 3.63) is 72.2 Å². The molecule has 0 unspecified atom stereocenters. The van der Waals surface area contributed by atoms with Crippen LogP contribution in [0.3, 0.4) is 0 Å². The molecule has 0 saturated carbocycles. The largest absolute Gasteiger partial charge is 0.460 e. The van der Waals surface area contributed by atoms with Gasteiger partial charge in [-0.1, -0.05) is 18.2 Å². The van der Waals surface area contributed by atoms with Gasteiger partial charge in [0.1, 0.15) is 11.5 Å². The van der Waals surface area contributed by atoms with Crippen LogP contribution in [0.1, 0.15) is 16.1 Å². The number of nitrogens with one attached hydrogen (secondary N) is 1. The number of furan rings is 1. The van der Waals surface area contributed by atoms with Crippen LogP contribution < -0.4 is 5.32 Å². The molecular formula is C19H14N4O2. The minimum Gasteiger partial charge on any atom is -0.460 e. The van der Waals surface area contributed by atoms with Gasteiger partial charge in [-0.05, 0) is 37.3 Å². The van der Waals surface area contributed by atoms with Crippen LogP contribution in [0.15, 0.2) is 65.3 Å². The molecule has 0 aliphatic heterocycles. The molecule has 3 aromatic heterocycles. The van der Waals surface area contributed by atoms with Crippen molar-refractivity contribution in [1.82, 2.24) is 15.0 Å². The standard InChI is InChI=1S/C19H14N4O2/c1-12-7-8-17(25-12)16-11-14(13-5-2-3-6-15(13)22-16)18(24)23-19-20-9-4-10-21-19/h2-11H,1H3,(H,20,21,23,24). The predicted molar refractivity (Wildman–Crippen MR) is 94.2 cm³/mol. The van der Waals surface area contributed by atoms with Crippen molar-refractivity contribution in [2.75, 3.05) is 5.32 Å². The molecule has 0 aliphatic rings. The molecule has 1 N–H and O–H groups in total. The Morgan fingerprint density at radius 1 is 1.04 bits per heavy atom. The van der Waals surface area contributed by atoms with Gasteiger partial charge in [0, 0.05) is 17.8 Å². The number of nitrogens with zero attached hydrogens (tertiary/aromatic N) is 3. The second-order valence-electron chi connectivity index (χ2n) is 5.51. The number of hydrogen-bond donors (Lipinski definition) is 1. The molecule has 0 radical (unpaired) electrons. The summed E-state index contributed by atoms with van der Waals surface area (Å²) in [6.45, 7) is 1.87. The van der Waals surface area contributed by atoms with Gasteiger partial charge >= 0.3 is 0 Å². The number of anilines is 1. The van der Waals surface area contributed by atoms with Crippen LogP contribution in [0.4, 0.5) is 5.95 Å². The Kier molecular flexibility index (Phi) is 3.70. The van der Waals surface area contributed by atoms with Crippen molar-refractivity contribution in [3.63, 3.8) is 0 Å². The number of fused-ring (bicyclic) bond motifs is 1. The first-order valence-electron chi connectivity index (χ1n) is 7.76. The Morgan fingerprint density at radius 2 is 1.84 bits per heavy atom. The second-order valence-corrected chi connectivity index (χ2v) is 5.51. The fourth-order valence-electron chi connectivity index (χ4n) is 2.59. The van der Waals surface area contributed by atoms with Crippen molar-refractivity contribution in [2.45, 2.75) is 6.92 Å². The van der Waals surface area contributed by atoms with Crippen molar-refractivity contribution in [1.29, 1.82) is 0 Å². The van der Waals surface area contributed by atoms with Gasteiger partial charge in [-0.2, -0.15) is 0 Å². The monoisotopic (exact) mass is 330 g/mol. The lowest BCUT2D eigenvalue weighted by atomic mass is 10.1. The lowest BCUT2D eigenvalue weighted by Crippen LogP contribution is -2.15. The Labute approximate surface area is 143 Å². The summed E-state index contributed by atoms with van der Waals surface area (Å²) < 4.78 is 5.65. The lowest BCUT2D eigenvalue weighted by molar-refractivity contribution is 0.102. The molecule has 0 bridgehead atoms. The molecule has 4 rings (SSSR count). The van der Waals surface area contributed by atoms with Gasteiger partial charge in [0.2, 0.25) is 5.95 Å². The van der Waals surface area contributed by atoms with E-state index in [2.05, 4.69) is 20.3 Å². The first kappa shape index (κ1) is 15.0. The van der Waals surface area contributed by atoms with Crippen LogP contribution in [0.25, 0.3) is 22.4 Å². The molecule has 0 saturated heterocycles. The van der Waals surface area contributed by atoms with Crippen molar-refractivity contribution >= 4 is 22.8 Å². The molecule has 122 valence electrons. The van der Waals surface area contributed by atoms with E-state index < -0.39 is 0 Å². The molecule has 0 aliphatic carbocycles. The van der Waals surface area contributed by atoms with E-state index in [-0.39, 0.29) is 11.9 Å². The highest BCUT2D eigenvalue weighted by Crippen LogP contribution is 2.26. The number of aromatic nitrogens is 3. The molecule has 4 aromatic rings. The van der Waals surface area contributed by atoms with Crippen LogP contribution in [-0.4, -0.2) is 20.9 Å². The number of hydrogen-bond acceptors (Lipinski definition) is 5. The molecule has 0 fully saturated rings. The van der Waals surface area contributed by atoms with E-state index in [1.165, 1.54) is 0 Å². The van der Waals surface area contributed by atoms with E-state index in [0.717, 1.165) is 11.1 Å². The third kappa shape index (κ3) is 2.97. The molecule has 25 heavy (non-hydrogen) atoms. The minimum atomic E-state index is -0.297. The maximum atomic E-state index is 12.8. The summed E-state index contributed by atoms with van der Waals surface area (Å²) in [6.07, 6.45) is 3.15. The fourth-order valence-corrected chi connectivity index (χ4v) is 2.59. The summed E-state index contributed by atoms with van der Waals surface area (Å²) in [5.41, 5.74) is 1.81. The highest BCUT2D eigenvalue weighted by molar-refractivity contribution is 6.12. The number of benzene rings is 1. The predicted octanol–water partition coefficient (Wildman–Crippen LogP) is 3.85. The first-order valence-corrected chi connectivity index (χ1v) is 7.76. The van der Waals surface area contributed by atoms with Gasteiger partial charge < -0.3 is 4.42 Å². The van der Waals surface area contributed by atoms with Gasteiger partial charge in [-0.25, -0.2) is 15.0 Å². The van der Waals surface area contributed by atoms with E-state index in [1.807, 2.05) is 43.3 Å². The molecule has 3 heterocycles. The van der Waals surface area contributed by atoms with Gasteiger partial charge in [-0.15, -0.1) is 0 Å². The number of amides is 1. The van der Waals surface area contributed by atoms with E-state index in [1.54, 1.807) is 24.5 Å². The zero-order valence-electron chi connectivity index (χ0n) is 13.4. The van der Waals surface area contributed by atoms with Crippen LogP contribution in [0.2, 0.25) is 0 Å². The van der Waals surface area contributed by atoms with E-state index in [9.17, 15) is 4.79 Å². The fraction of sp³-hybridized carbons (Fsp3) is 0.0526. The summed E-state index contributed by atoms with van der Waals surface area (Å²) in [5.74, 6) is 1.36. The maximum absolute atomic E-state index is 12.8. The Hall–Kier alpha value is -3.54. The number of rotatable bonds is 3. The highest BCUT2D eigenvalue weighted by atomic mass is 16.3. The number of carbonyl (C=O) groups is 1. The summed E-state index contributed by atoms with van der Waals surface area (Å²) in [5, 5.41) is 3.47.